The molecule has 0 bridgehead atoms. The fraction of sp³-hybridized carbons (Fsp3) is 0.167. The minimum atomic E-state index is -0.108. The van der Waals surface area contributed by atoms with E-state index in [1.165, 1.54) is 0 Å². The van der Waals surface area contributed by atoms with Gasteiger partial charge in [-0.05, 0) is 24.6 Å². The number of benzene rings is 1. The summed E-state index contributed by atoms with van der Waals surface area (Å²) in [4.78, 5) is 18.6. The normalized spacial score (nSPS) is 11.4. The van der Waals surface area contributed by atoms with Crippen LogP contribution >= 0.6 is 11.6 Å². The van der Waals surface area contributed by atoms with Crippen molar-refractivity contribution < 1.29 is 0 Å². The van der Waals surface area contributed by atoms with Crippen molar-refractivity contribution in [2.75, 3.05) is 5.88 Å². The van der Waals surface area contributed by atoms with E-state index in [2.05, 4.69) is 9.97 Å². The number of hydrogen-bond donors (Lipinski definition) is 1. The highest BCUT2D eigenvalue weighted by Gasteiger charge is 2.01. The maximum atomic E-state index is 11.7. The number of alkyl halides is 1. The van der Waals surface area contributed by atoms with Crippen LogP contribution in [0.4, 0.5) is 0 Å². The fourth-order valence-corrected chi connectivity index (χ4v) is 1.65. The third-order valence-electron chi connectivity index (χ3n) is 2.25. The molecule has 82 valence electrons. The summed E-state index contributed by atoms with van der Waals surface area (Å²) in [5.74, 6) is 1.09. The van der Waals surface area contributed by atoms with Gasteiger partial charge in [0, 0.05) is 5.88 Å². The maximum Gasteiger partial charge on any atom is 0.258 e. The topological polar surface area (TPSA) is 45.8 Å². The van der Waals surface area contributed by atoms with E-state index in [1.54, 1.807) is 6.92 Å². The molecule has 4 heteroatoms. The number of nitrogens with one attached hydrogen (secondary N) is 1. The summed E-state index contributed by atoms with van der Waals surface area (Å²) in [6, 6.07) is 5.56. The van der Waals surface area contributed by atoms with Crippen LogP contribution in [0, 0.1) is 6.92 Å². The summed E-state index contributed by atoms with van der Waals surface area (Å²) < 4.78 is 0. The predicted molar refractivity (Wildman–Crippen MR) is 66.9 cm³/mol. The van der Waals surface area contributed by atoms with Crippen molar-refractivity contribution in [2.45, 2.75) is 6.92 Å². The quantitative estimate of drug-likeness (QED) is 0.812. The van der Waals surface area contributed by atoms with Crippen LogP contribution in [0.15, 0.2) is 29.1 Å². The molecular formula is C12H11ClN2O. The lowest BCUT2D eigenvalue weighted by molar-refractivity contribution is 1.06. The number of halogens is 1. The van der Waals surface area contributed by atoms with Crippen LogP contribution in [-0.4, -0.2) is 15.8 Å². The zero-order chi connectivity index (χ0) is 11.5. The molecule has 1 aromatic carbocycles. The van der Waals surface area contributed by atoms with Gasteiger partial charge in [0.1, 0.15) is 5.82 Å². The number of fused-ring (bicyclic) bond motifs is 1. The Morgan fingerprint density at radius 3 is 3.06 bits per heavy atom. The molecule has 0 aliphatic rings. The molecule has 0 radical (unpaired) electrons. The van der Waals surface area contributed by atoms with Crippen molar-refractivity contribution in [1.82, 2.24) is 9.97 Å². The molecule has 2 rings (SSSR count). The van der Waals surface area contributed by atoms with Crippen LogP contribution in [-0.2, 0) is 0 Å². The molecule has 2 aromatic rings. The Hall–Kier alpha value is -1.61. The van der Waals surface area contributed by atoms with Gasteiger partial charge in [0.05, 0.1) is 10.9 Å². The van der Waals surface area contributed by atoms with Crippen molar-refractivity contribution in [2.24, 2.45) is 0 Å². The molecule has 0 amide bonds. The maximum absolute atomic E-state index is 11.7. The lowest BCUT2D eigenvalue weighted by Gasteiger charge is -1.99. The van der Waals surface area contributed by atoms with Gasteiger partial charge in [-0.3, -0.25) is 4.79 Å². The smallest absolute Gasteiger partial charge is 0.258 e. The first-order valence-electron chi connectivity index (χ1n) is 4.94. The molecule has 0 fully saturated rings. The lowest BCUT2D eigenvalue weighted by Crippen LogP contribution is -2.09. The van der Waals surface area contributed by atoms with Gasteiger partial charge in [-0.15, -0.1) is 11.6 Å². The fourth-order valence-electron chi connectivity index (χ4n) is 1.56. The molecule has 1 aromatic heterocycles. The number of rotatable bonds is 2. The van der Waals surface area contributed by atoms with Crippen LogP contribution in [0.25, 0.3) is 17.0 Å². The van der Waals surface area contributed by atoms with E-state index >= 15 is 0 Å². The van der Waals surface area contributed by atoms with E-state index in [-0.39, 0.29) is 5.56 Å². The molecule has 1 heterocycles. The Morgan fingerprint density at radius 1 is 1.50 bits per heavy atom. The summed E-state index contributed by atoms with van der Waals surface area (Å²) in [5, 5.41) is 0.599. The monoisotopic (exact) mass is 234 g/mol. The third-order valence-corrected chi connectivity index (χ3v) is 2.43. The van der Waals surface area contributed by atoms with E-state index in [9.17, 15) is 4.79 Å². The zero-order valence-electron chi connectivity index (χ0n) is 8.83. The van der Waals surface area contributed by atoms with Gasteiger partial charge < -0.3 is 4.98 Å². The van der Waals surface area contributed by atoms with Crippen molar-refractivity contribution in [1.29, 1.82) is 0 Å². The van der Waals surface area contributed by atoms with E-state index in [0.29, 0.717) is 22.6 Å². The summed E-state index contributed by atoms with van der Waals surface area (Å²) in [7, 11) is 0. The molecular weight excluding hydrogens is 224 g/mol. The first-order valence-corrected chi connectivity index (χ1v) is 5.47. The standard InChI is InChI=1S/C12H11ClN2O/c1-8-14-11-5-4-9(3-2-6-13)7-10(11)12(16)15-8/h2-5,7H,6H2,1H3,(H,14,15,16). The average molecular weight is 235 g/mol. The third kappa shape index (κ3) is 2.14. The molecule has 0 saturated heterocycles. The van der Waals surface area contributed by atoms with Crippen molar-refractivity contribution in [3.8, 4) is 0 Å². The summed E-state index contributed by atoms with van der Waals surface area (Å²) in [6.07, 6.45) is 3.71. The number of aryl methyl sites for hydroxylation is 1. The Morgan fingerprint density at radius 2 is 2.31 bits per heavy atom. The number of nitrogens with zero attached hydrogens (tertiary/aromatic N) is 1. The van der Waals surface area contributed by atoms with Crippen LogP contribution in [0.3, 0.4) is 0 Å². The molecule has 0 atom stereocenters. The zero-order valence-corrected chi connectivity index (χ0v) is 9.58. The van der Waals surface area contributed by atoms with Gasteiger partial charge >= 0.3 is 0 Å². The van der Waals surface area contributed by atoms with E-state index < -0.39 is 0 Å². The number of hydrogen-bond acceptors (Lipinski definition) is 2. The molecule has 3 nitrogen and oxygen atoms in total. The highest BCUT2D eigenvalue weighted by Crippen LogP contribution is 2.11. The van der Waals surface area contributed by atoms with Crippen LogP contribution in [0.2, 0.25) is 0 Å². The summed E-state index contributed by atoms with van der Waals surface area (Å²) in [6.45, 7) is 1.77. The van der Waals surface area contributed by atoms with Gasteiger partial charge in [0.2, 0.25) is 0 Å². The van der Waals surface area contributed by atoms with Gasteiger partial charge in [0.15, 0.2) is 0 Å². The Balaban J connectivity index is 2.62. The highest BCUT2D eigenvalue weighted by molar-refractivity contribution is 6.19. The Labute approximate surface area is 97.8 Å². The number of aromatic amines is 1. The molecule has 0 aliphatic heterocycles. The largest absolute Gasteiger partial charge is 0.310 e. The first kappa shape index (κ1) is 10.9. The van der Waals surface area contributed by atoms with Gasteiger partial charge in [0.25, 0.3) is 5.56 Å². The van der Waals surface area contributed by atoms with Crippen molar-refractivity contribution >= 4 is 28.6 Å². The van der Waals surface area contributed by atoms with Gasteiger partial charge in [-0.1, -0.05) is 18.2 Å². The molecule has 0 unspecified atom stereocenters. The van der Waals surface area contributed by atoms with E-state index in [0.717, 1.165) is 5.56 Å². The highest BCUT2D eigenvalue weighted by atomic mass is 35.5. The van der Waals surface area contributed by atoms with Gasteiger partial charge in [-0.2, -0.15) is 0 Å². The second-order valence-corrected chi connectivity index (χ2v) is 3.79. The minimum Gasteiger partial charge on any atom is -0.310 e. The second kappa shape index (κ2) is 4.49. The summed E-state index contributed by atoms with van der Waals surface area (Å²) >= 11 is 5.55. The number of H-pyrrole nitrogens is 1. The molecule has 1 N–H and O–H groups in total. The predicted octanol–water partition coefficient (Wildman–Crippen LogP) is 2.48. The number of aromatic nitrogens is 2. The number of allylic oxidation sites excluding steroid dienone is 1. The average Bonchev–Trinajstić information content (AvgIpc) is 2.26. The van der Waals surface area contributed by atoms with Gasteiger partial charge in [-0.25, -0.2) is 4.98 Å². The second-order valence-electron chi connectivity index (χ2n) is 3.48. The SMILES string of the molecule is Cc1nc2ccc(C=CCCl)cc2c(=O)[nH]1. The molecule has 0 saturated carbocycles. The van der Waals surface area contributed by atoms with E-state index in [1.807, 2.05) is 30.4 Å². The van der Waals surface area contributed by atoms with Crippen molar-refractivity contribution in [3.05, 3.63) is 46.0 Å². The van der Waals surface area contributed by atoms with Crippen LogP contribution in [0.1, 0.15) is 11.4 Å². The van der Waals surface area contributed by atoms with E-state index in [4.69, 9.17) is 11.6 Å². The minimum absolute atomic E-state index is 0.108. The van der Waals surface area contributed by atoms with Crippen LogP contribution < -0.4 is 5.56 Å². The molecule has 16 heavy (non-hydrogen) atoms. The molecule has 0 aliphatic carbocycles. The lowest BCUT2D eigenvalue weighted by atomic mass is 10.1. The Bertz CT molecular complexity index is 601. The Kier molecular flexibility index (Phi) is 3.06. The van der Waals surface area contributed by atoms with Crippen LogP contribution in [0.5, 0.6) is 0 Å². The summed E-state index contributed by atoms with van der Waals surface area (Å²) in [5.41, 5.74) is 1.55. The van der Waals surface area contributed by atoms with Crippen molar-refractivity contribution in [3.63, 3.8) is 0 Å². The first-order chi connectivity index (χ1) is 7.70. The molecule has 0 spiro atoms.